The third-order valence-corrected chi connectivity index (χ3v) is 3.90. The second-order valence-corrected chi connectivity index (χ2v) is 6.06. The lowest BCUT2D eigenvalue weighted by Gasteiger charge is -2.17. The molecule has 1 unspecified atom stereocenters. The van der Waals surface area contributed by atoms with Gasteiger partial charge >= 0.3 is 0 Å². The Balaban J connectivity index is 2.02. The zero-order valence-corrected chi connectivity index (χ0v) is 14.0. The molecular weight excluding hydrogens is 328 g/mol. The number of carbonyl (C=O) groups excluding carboxylic acids is 1. The molecule has 0 aliphatic carbocycles. The zero-order chi connectivity index (χ0) is 15.4. The number of halogens is 1. The minimum atomic E-state index is -0.329. The van der Waals surface area contributed by atoms with E-state index in [2.05, 4.69) is 26.6 Å². The molecule has 2 aromatic rings. The molecule has 1 atom stereocenters. The fraction of sp³-hybridized carbons (Fsp3) is 0.235. The number of hydrogen-bond donors (Lipinski definition) is 2. The minimum Gasteiger partial charge on any atom is -0.373 e. The van der Waals surface area contributed by atoms with Gasteiger partial charge < -0.3 is 10.6 Å². The Labute approximate surface area is 133 Å². The summed E-state index contributed by atoms with van der Waals surface area (Å²) in [6.45, 7) is 5.89. The number of hydrogen-bond acceptors (Lipinski definition) is 2. The van der Waals surface area contributed by atoms with Gasteiger partial charge in [0.1, 0.15) is 6.04 Å². The maximum absolute atomic E-state index is 12.2. The first-order valence-corrected chi connectivity index (χ1v) is 7.65. The van der Waals surface area contributed by atoms with Crippen molar-refractivity contribution < 1.29 is 4.79 Å². The first-order valence-electron chi connectivity index (χ1n) is 6.86. The van der Waals surface area contributed by atoms with Gasteiger partial charge in [0.15, 0.2) is 0 Å². The van der Waals surface area contributed by atoms with Crippen LogP contribution in [0.5, 0.6) is 0 Å². The molecular formula is C17H19BrN2O. The third kappa shape index (κ3) is 4.33. The van der Waals surface area contributed by atoms with Gasteiger partial charge in [-0.15, -0.1) is 0 Å². The Morgan fingerprint density at radius 3 is 2.33 bits per heavy atom. The van der Waals surface area contributed by atoms with Crippen molar-refractivity contribution in [2.24, 2.45) is 0 Å². The largest absolute Gasteiger partial charge is 0.373 e. The molecule has 0 radical (unpaired) electrons. The molecule has 0 aliphatic rings. The van der Waals surface area contributed by atoms with Gasteiger partial charge in [-0.3, -0.25) is 4.79 Å². The molecule has 0 spiro atoms. The molecule has 0 saturated carbocycles. The standard InChI is InChI=1S/C17H19BrN2O/c1-11-4-7-14(8-5-11)20-17(21)13(3)19-16-10-12(2)6-9-15(16)18/h4-10,13,19H,1-3H3,(H,20,21). The van der Waals surface area contributed by atoms with Crippen molar-refractivity contribution in [2.45, 2.75) is 26.8 Å². The maximum atomic E-state index is 12.2. The fourth-order valence-corrected chi connectivity index (χ4v) is 2.30. The van der Waals surface area contributed by atoms with Gasteiger partial charge in [-0.1, -0.05) is 23.8 Å². The van der Waals surface area contributed by atoms with Crippen LogP contribution in [0.3, 0.4) is 0 Å². The normalized spacial score (nSPS) is 11.8. The molecule has 4 heteroatoms. The van der Waals surface area contributed by atoms with E-state index in [0.717, 1.165) is 21.4 Å². The Morgan fingerprint density at radius 1 is 1.05 bits per heavy atom. The second kappa shape index (κ2) is 6.76. The highest BCUT2D eigenvalue weighted by Crippen LogP contribution is 2.24. The molecule has 2 aromatic carbocycles. The summed E-state index contributed by atoms with van der Waals surface area (Å²) in [7, 11) is 0. The third-order valence-electron chi connectivity index (χ3n) is 3.21. The Kier molecular flexibility index (Phi) is 5.02. The number of anilines is 2. The average molecular weight is 347 g/mol. The van der Waals surface area contributed by atoms with Crippen LogP contribution in [0.2, 0.25) is 0 Å². The van der Waals surface area contributed by atoms with Crippen molar-refractivity contribution in [3.63, 3.8) is 0 Å². The molecule has 2 N–H and O–H groups in total. The smallest absolute Gasteiger partial charge is 0.246 e. The van der Waals surface area contributed by atoms with E-state index in [1.807, 2.05) is 63.2 Å². The Hall–Kier alpha value is -1.81. The topological polar surface area (TPSA) is 41.1 Å². The molecule has 1 amide bonds. The van der Waals surface area contributed by atoms with Crippen molar-refractivity contribution in [1.82, 2.24) is 0 Å². The van der Waals surface area contributed by atoms with E-state index in [1.54, 1.807) is 0 Å². The highest BCUT2D eigenvalue weighted by atomic mass is 79.9. The Morgan fingerprint density at radius 2 is 1.67 bits per heavy atom. The van der Waals surface area contributed by atoms with Crippen LogP contribution in [0.4, 0.5) is 11.4 Å². The summed E-state index contributed by atoms with van der Waals surface area (Å²) in [4.78, 5) is 12.2. The van der Waals surface area contributed by atoms with E-state index in [1.165, 1.54) is 5.56 Å². The second-order valence-electron chi connectivity index (χ2n) is 5.20. The van der Waals surface area contributed by atoms with Crippen LogP contribution < -0.4 is 10.6 Å². The monoisotopic (exact) mass is 346 g/mol. The van der Waals surface area contributed by atoms with E-state index in [9.17, 15) is 4.79 Å². The first-order chi connectivity index (χ1) is 9.95. The summed E-state index contributed by atoms with van der Waals surface area (Å²) < 4.78 is 0.947. The van der Waals surface area contributed by atoms with Crippen molar-refractivity contribution in [3.05, 3.63) is 58.1 Å². The lowest BCUT2D eigenvalue weighted by Crippen LogP contribution is -2.32. The predicted octanol–water partition coefficient (Wildman–Crippen LogP) is 4.51. The molecule has 3 nitrogen and oxygen atoms in total. The van der Waals surface area contributed by atoms with Gasteiger partial charge in [-0.2, -0.15) is 0 Å². The van der Waals surface area contributed by atoms with Crippen LogP contribution in [0.25, 0.3) is 0 Å². The van der Waals surface area contributed by atoms with Crippen LogP contribution in [0, 0.1) is 13.8 Å². The van der Waals surface area contributed by atoms with Crippen LogP contribution in [0.15, 0.2) is 46.9 Å². The van der Waals surface area contributed by atoms with Gasteiger partial charge in [0, 0.05) is 15.8 Å². The van der Waals surface area contributed by atoms with Crippen molar-refractivity contribution in [1.29, 1.82) is 0 Å². The molecule has 0 heterocycles. The summed E-state index contributed by atoms with van der Waals surface area (Å²) in [5.74, 6) is -0.0627. The summed E-state index contributed by atoms with van der Waals surface area (Å²) in [6, 6.07) is 13.4. The molecule has 110 valence electrons. The van der Waals surface area contributed by atoms with Crippen LogP contribution in [-0.2, 0) is 4.79 Å². The maximum Gasteiger partial charge on any atom is 0.246 e. The average Bonchev–Trinajstić information content (AvgIpc) is 2.45. The highest BCUT2D eigenvalue weighted by Gasteiger charge is 2.14. The molecule has 21 heavy (non-hydrogen) atoms. The van der Waals surface area contributed by atoms with E-state index < -0.39 is 0 Å². The van der Waals surface area contributed by atoms with Crippen molar-refractivity contribution in [2.75, 3.05) is 10.6 Å². The van der Waals surface area contributed by atoms with Gasteiger partial charge in [0.2, 0.25) is 5.91 Å². The molecule has 0 bridgehead atoms. The lowest BCUT2D eigenvalue weighted by atomic mass is 10.2. The van der Waals surface area contributed by atoms with Crippen LogP contribution in [0.1, 0.15) is 18.1 Å². The molecule has 0 fully saturated rings. The predicted molar refractivity (Wildman–Crippen MR) is 91.8 cm³/mol. The molecule has 2 rings (SSSR count). The van der Waals surface area contributed by atoms with Gasteiger partial charge in [-0.25, -0.2) is 0 Å². The lowest BCUT2D eigenvalue weighted by molar-refractivity contribution is -0.116. The van der Waals surface area contributed by atoms with Crippen LogP contribution in [-0.4, -0.2) is 11.9 Å². The number of nitrogens with one attached hydrogen (secondary N) is 2. The molecule has 0 saturated heterocycles. The number of aryl methyl sites for hydroxylation is 2. The Bertz CT molecular complexity index is 638. The minimum absolute atomic E-state index is 0.0627. The number of amides is 1. The summed E-state index contributed by atoms with van der Waals surface area (Å²) >= 11 is 3.49. The van der Waals surface area contributed by atoms with E-state index in [-0.39, 0.29) is 11.9 Å². The first kappa shape index (κ1) is 15.6. The van der Waals surface area contributed by atoms with E-state index in [0.29, 0.717) is 0 Å². The number of rotatable bonds is 4. The summed E-state index contributed by atoms with van der Waals surface area (Å²) in [5.41, 5.74) is 4.04. The SMILES string of the molecule is Cc1ccc(NC(=O)C(C)Nc2cc(C)ccc2Br)cc1. The van der Waals surface area contributed by atoms with Gasteiger partial charge in [0.05, 0.1) is 0 Å². The summed E-state index contributed by atoms with van der Waals surface area (Å²) in [6.07, 6.45) is 0. The van der Waals surface area contributed by atoms with Gasteiger partial charge in [0.25, 0.3) is 0 Å². The number of benzene rings is 2. The zero-order valence-electron chi connectivity index (χ0n) is 12.4. The van der Waals surface area contributed by atoms with Gasteiger partial charge in [-0.05, 0) is 66.5 Å². The quantitative estimate of drug-likeness (QED) is 0.855. The molecule has 0 aliphatic heterocycles. The number of carbonyl (C=O) groups is 1. The van der Waals surface area contributed by atoms with E-state index in [4.69, 9.17) is 0 Å². The summed E-state index contributed by atoms with van der Waals surface area (Å²) in [5, 5.41) is 6.13. The fourth-order valence-electron chi connectivity index (χ4n) is 1.94. The molecule has 0 aromatic heterocycles. The van der Waals surface area contributed by atoms with Crippen molar-refractivity contribution in [3.8, 4) is 0 Å². The van der Waals surface area contributed by atoms with Crippen molar-refractivity contribution >= 4 is 33.2 Å². The van der Waals surface area contributed by atoms with E-state index >= 15 is 0 Å². The highest BCUT2D eigenvalue weighted by molar-refractivity contribution is 9.10. The van der Waals surface area contributed by atoms with Crippen LogP contribution >= 0.6 is 15.9 Å².